The third kappa shape index (κ3) is 5.81. The standard InChI is InChI=1S/C24H33N3O4S/c1-4-5-15-27-16-13-20(14-17-27)25-24(28)19-7-6-8-23(18-19)32(29,30)26(2)21-9-11-22(31-3)12-10-21/h6-12,18,20H,4-5,13-17H2,1-3H3,(H,25,28). The highest BCUT2D eigenvalue weighted by atomic mass is 32.2. The van der Waals surface area contributed by atoms with Gasteiger partial charge in [0.2, 0.25) is 0 Å². The Hall–Kier alpha value is -2.58. The molecule has 174 valence electrons. The molecule has 7 nitrogen and oxygen atoms in total. The highest BCUT2D eigenvalue weighted by Crippen LogP contribution is 2.25. The predicted molar refractivity (Wildman–Crippen MR) is 127 cm³/mol. The van der Waals surface area contributed by atoms with Gasteiger partial charge in [-0.3, -0.25) is 9.10 Å². The zero-order valence-corrected chi connectivity index (χ0v) is 19.9. The van der Waals surface area contributed by atoms with Crippen molar-refractivity contribution in [3.05, 3.63) is 54.1 Å². The SMILES string of the molecule is CCCCN1CCC(NC(=O)c2cccc(S(=O)(=O)N(C)c3ccc(OC)cc3)c2)CC1. The highest BCUT2D eigenvalue weighted by molar-refractivity contribution is 7.92. The molecular weight excluding hydrogens is 426 g/mol. The van der Waals surface area contributed by atoms with Gasteiger partial charge in [0.1, 0.15) is 5.75 Å². The number of piperidine rings is 1. The van der Waals surface area contributed by atoms with Crippen LogP contribution in [-0.2, 0) is 10.0 Å². The molecule has 0 unspecified atom stereocenters. The van der Waals surface area contributed by atoms with E-state index < -0.39 is 10.0 Å². The minimum Gasteiger partial charge on any atom is -0.497 e. The Morgan fingerprint density at radius 2 is 1.84 bits per heavy atom. The van der Waals surface area contributed by atoms with Crippen LogP contribution in [-0.4, -0.2) is 59.1 Å². The fourth-order valence-electron chi connectivity index (χ4n) is 3.84. The van der Waals surface area contributed by atoms with Gasteiger partial charge in [-0.2, -0.15) is 0 Å². The number of unbranched alkanes of at least 4 members (excludes halogenated alkanes) is 1. The maximum absolute atomic E-state index is 13.1. The lowest BCUT2D eigenvalue weighted by atomic mass is 10.0. The molecular formula is C24H33N3O4S. The number of likely N-dealkylation sites (tertiary alicyclic amines) is 1. The molecule has 32 heavy (non-hydrogen) atoms. The van der Waals surface area contributed by atoms with Gasteiger partial charge < -0.3 is 15.0 Å². The van der Waals surface area contributed by atoms with Gasteiger partial charge >= 0.3 is 0 Å². The Morgan fingerprint density at radius 3 is 2.47 bits per heavy atom. The van der Waals surface area contributed by atoms with Gasteiger partial charge in [0.05, 0.1) is 17.7 Å². The summed E-state index contributed by atoms with van der Waals surface area (Å²) in [5.41, 5.74) is 0.859. The first-order valence-electron chi connectivity index (χ1n) is 11.1. The van der Waals surface area contributed by atoms with E-state index in [1.165, 1.54) is 36.3 Å². The minimum absolute atomic E-state index is 0.0813. The number of carbonyl (C=O) groups is 1. The molecule has 1 N–H and O–H groups in total. The Kier molecular flexibility index (Phi) is 8.15. The van der Waals surface area contributed by atoms with Crippen LogP contribution in [0.1, 0.15) is 43.0 Å². The van der Waals surface area contributed by atoms with Gasteiger partial charge in [0.15, 0.2) is 0 Å². The molecule has 1 heterocycles. The van der Waals surface area contributed by atoms with Crippen LogP contribution in [0.4, 0.5) is 5.69 Å². The van der Waals surface area contributed by atoms with Crippen molar-refractivity contribution in [2.75, 3.05) is 38.1 Å². The number of nitrogens with zero attached hydrogens (tertiary/aromatic N) is 2. The first-order chi connectivity index (χ1) is 15.3. The molecule has 8 heteroatoms. The monoisotopic (exact) mass is 459 g/mol. The number of amides is 1. The smallest absolute Gasteiger partial charge is 0.264 e. The summed E-state index contributed by atoms with van der Waals surface area (Å²) in [5.74, 6) is 0.413. The van der Waals surface area contributed by atoms with Crippen LogP contribution in [0.15, 0.2) is 53.4 Å². The summed E-state index contributed by atoms with van der Waals surface area (Å²) in [6, 6.07) is 13.1. The molecule has 1 aliphatic rings. The van der Waals surface area contributed by atoms with Crippen molar-refractivity contribution in [2.24, 2.45) is 0 Å². The molecule has 1 aliphatic heterocycles. The first-order valence-corrected chi connectivity index (χ1v) is 12.6. The molecule has 1 saturated heterocycles. The van der Waals surface area contributed by atoms with E-state index in [4.69, 9.17) is 4.74 Å². The zero-order chi connectivity index (χ0) is 23.1. The molecule has 0 aromatic heterocycles. The fraction of sp³-hybridized carbons (Fsp3) is 0.458. The van der Waals surface area contributed by atoms with Gasteiger partial charge in [-0.15, -0.1) is 0 Å². The predicted octanol–water partition coefficient (Wildman–Crippen LogP) is 3.51. The molecule has 0 saturated carbocycles. The molecule has 2 aromatic rings. The molecule has 1 amide bonds. The van der Waals surface area contributed by atoms with Crippen LogP contribution in [0, 0.1) is 0 Å². The molecule has 1 fully saturated rings. The second kappa shape index (κ2) is 10.8. The summed E-state index contributed by atoms with van der Waals surface area (Å²) < 4.78 is 32.6. The number of rotatable bonds is 9. The van der Waals surface area contributed by atoms with E-state index in [1.807, 2.05) is 0 Å². The number of ether oxygens (including phenoxy) is 1. The third-order valence-electron chi connectivity index (χ3n) is 5.94. The van der Waals surface area contributed by atoms with E-state index in [1.54, 1.807) is 43.5 Å². The number of sulfonamides is 1. The average Bonchev–Trinajstić information content (AvgIpc) is 2.83. The van der Waals surface area contributed by atoms with E-state index in [0.717, 1.165) is 32.5 Å². The summed E-state index contributed by atoms with van der Waals surface area (Å²) in [7, 11) is -0.757. The van der Waals surface area contributed by atoms with Crippen LogP contribution in [0.25, 0.3) is 0 Å². The number of hydrogen-bond donors (Lipinski definition) is 1. The van der Waals surface area contributed by atoms with Gasteiger partial charge in [-0.25, -0.2) is 8.42 Å². The van der Waals surface area contributed by atoms with Crippen LogP contribution in [0.5, 0.6) is 5.75 Å². The largest absolute Gasteiger partial charge is 0.497 e. The van der Waals surface area contributed by atoms with Crippen molar-refractivity contribution in [2.45, 2.75) is 43.5 Å². The van der Waals surface area contributed by atoms with Crippen molar-refractivity contribution in [1.29, 1.82) is 0 Å². The van der Waals surface area contributed by atoms with Crippen LogP contribution in [0.2, 0.25) is 0 Å². The zero-order valence-electron chi connectivity index (χ0n) is 19.1. The molecule has 3 rings (SSSR count). The molecule has 2 aromatic carbocycles. The second-order valence-electron chi connectivity index (χ2n) is 8.14. The summed E-state index contributed by atoms with van der Waals surface area (Å²) in [4.78, 5) is 15.3. The number of benzene rings is 2. The summed E-state index contributed by atoms with van der Waals surface area (Å²) in [6.45, 7) is 5.26. The van der Waals surface area contributed by atoms with Crippen molar-refractivity contribution >= 4 is 21.6 Å². The van der Waals surface area contributed by atoms with Crippen molar-refractivity contribution in [3.63, 3.8) is 0 Å². The van der Waals surface area contributed by atoms with Crippen molar-refractivity contribution in [1.82, 2.24) is 10.2 Å². The Labute approximate surface area is 191 Å². The van der Waals surface area contributed by atoms with Gasteiger partial charge in [0.25, 0.3) is 15.9 Å². The normalized spacial score (nSPS) is 15.3. The van der Waals surface area contributed by atoms with Gasteiger partial charge in [-0.1, -0.05) is 19.4 Å². The van der Waals surface area contributed by atoms with Crippen molar-refractivity contribution in [3.8, 4) is 5.75 Å². The Balaban J connectivity index is 1.66. The lowest BCUT2D eigenvalue weighted by molar-refractivity contribution is 0.0910. The number of nitrogens with one attached hydrogen (secondary N) is 1. The number of methoxy groups -OCH3 is 1. The maximum atomic E-state index is 13.1. The van der Waals surface area contributed by atoms with Crippen LogP contribution < -0.4 is 14.4 Å². The quantitative estimate of drug-likeness (QED) is 0.621. The summed E-state index contributed by atoms with van der Waals surface area (Å²) in [6.07, 6.45) is 4.20. The lowest BCUT2D eigenvalue weighted by Gasteiger charge is -2.32. The van der Waals surface area contributed by atoms with Crippen molar-refractivity contribution < 1.29 is 17.9 Å². The van der Waals surface area contributed by atoms with Gasteiger partial charge in [0, 0.05) is 31.7 Å². The Bertz CT molecular complexity index is 1000. The summed E-state index contributed by atoms with van der Waals surface area (Å²) >= 11 is 0. The molecule has 0 bridgehead atoms. The van der Waals surface area contributed by atoms with E-state index in [-0.39, 0.29) is 16.8 Å². The van der Waals surface area contributed by atoms with Crippen LogP contribution in [0.3, 0.4) is 0 Å². The van der Waals surface area contributed by atoms with E-state index in [2.05, 4.69) is 17.1 Å². The van der Waals surface area contributed by atoms with E-state index >= 15 is 0 Å². The molecule has 0 atom stereocenters. The second-order valence-corrected chi connectivity index (χ2v) is 10.1. The number of anilines is 1. The third-order valence-corrected chi connectivity index (χ3v) is 7.72. The summed E-state index contributed by atoms with van der Waals surface area (Å²) in [5, 5.41) is 3.08. The number of carbonyl (C=O) groups excluding carboxylic acids is 1. The molecule has 0 radical (unpaired) electrons. The number of hydrogen-bond acceptors (Lipinski definition) is 5. The maximum Gasteiger partial charge on any atom is 0.264 e. The topological polar surface area (TPSA) is 79.0 Å². The van der Waals surface area contributed by atoms with Crippen LogP contribution >= 0.6 is 0 Å². The fourth-order valence-corrected chi connectivity index (χ4v) is 5.08. The highest BCUT2D eigenvalue weighted by Gasteiger charge is 2.24. The van der Waals surface area contributed by atoms with E-state index in [0.29, 0.717) is 17.0 Å². The molecule has 0 spiro atoms. The first kappa shape index (κ1) is 24.1. The van der Waals surface area contributed by atoms with E-state index in [9.17, 15) is 13.2 Å². The molecule has 0 aliphatic carbocycles. The minimum atomic E-state index is -3.81. The Morgan fingerprint density at radius 1 is 1.16 bits per heavy atom. The lowest BCUT2D eigenvalue weighted by Crippen LogP contribution is -2.44. The van der Waals surface area contributed by atoms with Gasteiger partial charge in [-0.05, 0) is 68.3 Å². The average molecular weight is 460 g/mol.